The summed E-state index contributed by atoms with van der Waals surface area (Å²) in [4.78, 5) is 0. The van der Waals surface area contributed by atoms with Crippen molar-refractivity contribution < 1.29 is 46.1 Å². The van der Waals surface area contributed by atoms with Gasteiger partial charge in [0.25, 0.3) is 0 Å². The van der Waals surface area contributed by atoms with E-state index in [9.17, 15) is 0 Å². The second kappa shape index (κ2) is 14.3. The molecule has 0 fully saturated rings. The molecule has 0 heterocycles. The average Bonchev–Trinajstić information content (AvgIpc) is 3.54. The molecule has 1 atom stereocenters. The molecule has 1 unspecified atom stereocenters. The van der Waals surface area contributed by atoms with E-state index in [2.05, 4.69) is 165 Å². The van der Waals surface area contributed by atoms with Crippen molar-refractivity contribution in [3.05, 3.63) is 127 Å². The van der Waals surface area contributed by atoms with Crippen LogP contribution in [0.4, 0.5) is 0 Å². The second-order valence-electron chi connectivity index (χ2n) is 16.8. The molecule has 0 bridgehead atoms. The average molecular weight is 757 g/mol. The van der Waals surface area contributed by atoms with Crippen LogP contribution in [-0.2, 0) is 32.1 Å². The van der Waals surface area contributed by atoms with Gasteiger partial charge in [0.15, 0.2) is 0 Å². The van der Waals surface area contributed by atoms with Crippen LogP contribution in [0, 0.1) is 11.3 Å². The van der Waals surface area contributed by atoms with Crippen LogP contribution in [0.15, 0.2) is 99.4 Å². The molecule has 0 amide bonds. The van der Waals surface area contributed by atoms with Gasteiger partial charge in [-0.15, -0.1) is 0 Å². The Hall–Kier alpha value is -2.05. The van der Waals surface area contributed by atoms with E-state index >= 15 is 0 Å². The van der Waals surface area contributed by atoms with Crippen molar-refractivity contribution in [2.45, 2.75) is 103 Å². The molecule has 0 aromatic heterocycles. The molecule has 0 nitrogen and oxygen atoms in total. The summed E-state index contributed by atoms with van der Waals surface area (Å²) in [5.74, 6) is 0.522. The van der Waals surface area contributed by atoms with Gasteiger partial charge >= 0.3 is 289 Å². The third-order valence-electron chi connectivity index (χ3n) is 10.5. The Bertz CT molecular complexity index is 1850. The summed E-state index contributed by atoms with van der Waals surface area (Å²) in [5, 5.41) is 2.73. The first-order chi connectivity index (χ1) is 21.6. The van der Waals surface area contributed by atoms with E-state index in [0.29, 0.717) is 9.54 Å². The minimum atomic E-state index is -2.72. The van der Waals surface area contributed by atoms with E-state index in [1.54, 1.807) is 22.3 Å². The first kappa shape index (κ1) is 38.8. The molecule has 0 spiro atoms. The van der Waals surface area contributed by atoms with Crippen LogP contribution < -0.4 is 24.8 Å². The second-order valence-corrected chi connectivity index (χ2v) is 22.5. The van der Waals surface area contributed by atoms with Gasteiger partial charge in [-0.05, 0) is 0 Å². The van der Waals surface area contributed by atoms with Gasteiger partial charge in [-0.3, -0.25) is 0 Å². The fraction of sp³-hybridized carbons (Fsp3) is 0.400. The molecule has 0 saturated carbocycles. The smallest absolute Gasteiger partial charge is 1.00 e. The van der Waals surface area contributed by atoms with Gasteiger partial charge < -0.3 is 24.8 Å². The molecule has 0 radical (unpaired) electrons. The molecule has 6 rings (SSSR count). The van der Waals surface area contributed by atoms with E-state index in [4.69, 9.17) is 0 Å². The van der Waals surface area contributed by atoms with Gasteiger partial charge in [0, 0.05) is 0 Å². The molecule has 4 aromatic carbocycles. The predicted octanol–water partition coefficient (Wildman–Crippen LogP) is 6.66. The standard InChI is InChI=1S/C21H25.C13H21.C11H8.2ClH.Zr/c1-20(2,3)16-7-9-18-14(12-16)11-15-13-17(21(4,5)6)8-10-19(15)18;1-6-10-8-11(7-2)12(9-10)13(3,4)5;1-9-5-4-7-10-6-2-3-8-11(9)10;;;/h7-13H,1-6H3;9-10H,6-7H2,1-5H3;1-8H;2*1H;/q;;;;;+2/p-2. The Morgan fingerprint density at radius 1 is 0.646 bits per heavy atom. The van der Waals surface area contributed by atoms with Crippen molar-refractivity contribution in [2.24, 2.45) is 11.3 Å². The minimum Gasteiger partial charge on any atom is -1.00 e. The monoisotopic (exact) mass is 754 g/mol. The van der Waals surface area contributed by atoms with E-state index < -0.39 is 21.3 Å². The van der Waals surface area contributed by atoms with Crippen LogP contribution in [0.5, 0.6) is 0 Å². The largest absolute Gasteiger partial charge is 1.00 e. The quantitative estimate of drug-likeness (QED) is 0.214. The van der Waals surface area contributed by atoms with Gasteiger partial charge in [-0.1, -0.05) is 0 Å². The number of hydrogen-bond acceptors (Lipinski definition) is 0. The number of benzene rings is 4. The van der Waals surface area contributed by atoms with Gasteiger partial charge in [0.2, 0.25) is 0 Å². The summed E-state index contributed by atoms with van der Waals surface area (Å²) in [6.45, 7) is 26.3. The topological polar surface area (TPSA) is 0 Å². The fourth-order valence-corrected chi connectivity index (χ4v) is 17.1. The van der Waals surface area contributed by atoms with E-state index in [1.807, 2.05) is 3.28 Å². The van der Waals surface area contributed by atoms with Crippen LogP contribution in [0.25, 0.3) is 21.9 Å². The summed E-state index contributed by atoms with van der Waals surface area (Å²) < 4.78 is 5.15. The van der Waals surface area contributed by atoms with Crippen LogP contribution >= 0.6 is 0 Å². The number of hydrogen-bond donors (Lipinski definition) is 0. The Labute approximate surface area is 311 Å². The number of halogens is 2. The van der Waals surface area contributed by atoms with Crippen molar-refractivity contribution in [1.29, 1.82) is 0 Å². The molecular formula is C45H54Cl2Zr. The molecule has 3 heteroatoms. The Kier molecular flexibility index (Phi) is 11.5. The molecule has 48 heavy (non-hydrogen) atoms. The van der Waals surface area contributed by atoms with Crippen molar-refractivity contribution >= 4 is 14.5 Å². The summed E-state index contributed by atoms with van der Waals surface area (Å²) in [7, 11) is 0. The Morgan fingerprint density at radius 2 is 1.19 bits per heavy atom. The number of fused-ring (bicyclic) bond motifs is 4. The van der Waals surface area contributed by atoms with E-state index in [-0.39, 0.29) is 41.1 Å². The number of allylic oxidation sites excluding steroid dienone is 4. The summed E-state index contributed by atoms with van der Waals surface area (Å²) in [6.07, 6.45) is 4.97. The van der Waals surface area contributed by atoms with Gasteiger partial charge in [0.05, 0.1) is 0 Å². The maximum Gasteiger partial charge on any atom is -1.00 e. The van der Waals surface area contributed by atoms with E-state index in [0.717, 1.165) is 6.42 Å². The third-order valence-corrected chi connectivity index (χ3v) is 18.3. The van der Waals surface area contributed by atoms with Crippen molar-refractivity contribution in [3.63, 3.8) is 0 Å². The van der Waals surface area contributed by atoms with E-state index in [1.165, 1.54) is 45.0 Å². The number of rotatable bonds is 5. The Morgan fingerprint density at radius 3 is 1.69 bits per heavy atom. The first-order valence-electron chi connectivity index (χ1n) is 17.6. The molecule has 2 aliphatic carbocycles. The van der Waals surface area contributed by atoms with Crippen LogP contribution in [0.3, 0.4) is 0 Å². The van der Waals surface area contributed by atoms with Gasteiger partial charge in [0.1, 0.15) is 0 Å². The SMILES string of the molecule is CCC1=[C](/[Zr+2](=[CH]/c2cccc3ccccc23)[CH]2c3cc(C(C)(C)C)ccc3-c3ccc(C(C)(C)C)cc32)C(CC)C=C1C(C)(C)C.[Cl-].[Cl-]. The van der Waals surface area contributed by atoms with Crippen LogP contribution in [0.2, 0.25) is 0 Å². The molecule has 252 valence electrons. The normalized spacial score (nSPS) is 16.4. The van der Waals surface area contributed by atoms with Gasteiger partial charge in [-0.2, -0.15) is 0 Å². The van der Waals surface area contributed by atoms with Crippen LogP contribution in [0.1, 0.15) is 120 Å². The van der Waals surface area contributed by atoms with Crippen molar-refractivity contribution in [3.8, 4) is 11.1 Å². The van der Waals surface area contributed by atoms with Crippen molar-refractivity contribution in [2.75, 3.05) is 0 Å². The van der Waals surface area contributed by atoms with Crippen LogP contribution in [-0.4, -0.2) is 3.71 Å². The molecule has 0 saturated heterocycles. The maximum absolute atomic E-state index is 2.87. The summed E-state index contributed by atoms with van der Waals surface area (Å²) in [5.41, 5.74) is 14.0. The molecule has 0 N–H and O–H groups in total. The molecule has 4 aromatic rings. The zero-order valence-corrected chi connectivity index (χ0v) is 35.0. The first-order valence-corrected chi connectivity index (χ1v) is 21.6. The minimum absolute atomic E-state index is 0. The summed E-state index contributed by atoms with van der Waals surface area (Å²) in [6, 6.07) is 30.9. The molecule has 2 aliphatic rings. The zero-order valence-electron chi connectivity index (χ0n) is 31.0. The predicted molar refractivity (Wildman–Crippen MR) is 199 cm³/mol. The van der Waals surface area contributed by atoms with Crippen molar-refractivity contribution in [1.82, 2.24) is 0 Å². The third kappa shape index (κ3) is 7.09. The fourth-order valence-electron chi connectivity index (χ4n) is 7.94. The van der Waals surface area contributed by atoms with Gasteiger partial charge in [-0.25, -0.2) is 0 Å². The molecular weight excluding hydrogens is 703 g/mol. The molecule has 0 aliphatic heterocycles. The Balaban J connectivity index is 0.00000260. The maximum atomic E-state index is 2.87. The zero-order chi connectivity index (χ0) is 33.2. The summed E-state index contributed by atoms with van der Waals surface area (Å²) >= 11 is -2.72.